The number of hydrogen-bond donors (Lipinski definition) is 1. The molecule has 0 heterocycles. The highest BCUT2D eigenvalue weighted by molar-refractivity contribution is 5.91. The number of rotatable bonds is 7. The van der Waals surface area contributed by atoms with Crippen molar-refractivity contribution in [1.29, 1.82) is 5.26 Å². The Kier molecular flexibility index (Phi) is 6.02. The lowest BCUT2D eigenvalue weighted by atomic mass is 10.0. The molecule has 2 rings (SSSR count). The van der Waals surface area contributed by atoms with E-state index < -0.39 is 12.6 Å². The van der Waals surface area contributed by atoms with Gasteiger partial charge in [-0.2, -0.15) is 5.26 Å². The fraction of sp³-hybridized carbons (Fsp3) is 0.158. The Labute approximate surface area is 145 Å². The van der Waals surface area contributed by atoms with Crippen molar-refractivity contribution in [3.05, 3.63) is 53.6 Å². The maximum atomic E-state index is 10.7. The number of methoxy groups -OCH3 is 2. The second-order valence-electron chi connectivity index (χ2n) is 4.96. The minimum atomic E-state index is -1.07. The third kappa shape index (κ3) is 4.52. The molecule has 6 nitrogen and oxygen atoms in total. The van der Waals surface area contributed by atoms with Crippen LogP contribution in [0.25, 0.3) is 11.6 Å². The van der Waals surface area contributed by atoms with Gasteiger partial charge in [-0.05, 0) is 35.9 Å². The van der Waals surface area contributed by atoms with E-state index in [9.17, 15) is 10.1 Å². The van der Waals surface area contributed by atoms with Gasteiger partial charge in [0.2, 0.25) is 0 Å². The Morgan fingerprint density at radius 2 is 1.84 bits per heavy atom. The minimum Gasteiger partial charge on any atom is -0.493 e. The fourth-order valence-electron chi connectivity index (χ4n) is 2.21. The van der Waals surface area contributed by atoms with Crippen LogP contribution in [0.4, 0.5) is 0 Å². The predicted molar refractivity (Wildman–Crippen MR) is 92.6 cm³/mol. The Morgan fingerprint density at radius 1 is 1.12 bits per heavy atom. The molecule has 0 saturated heterocycles. The topological polar surface area (TPSA) is 88.8 Å². The van der Waals surface area contributed by atoms with Crippen LogP contribution < -0.4 is 14.2 Å². The van der Waals surface area contributed by atoms with Crippen molar-refractivity contribution in [1.82, 2.24) is 0 Å². The van der Waals surface area contributed by atoms with Gasteiger partial charge in [0, 0.05) is 5.56 Å². The normalized spacial score (nSPS) is 10.7. The van der Waals surface area contributed by atoms with Crippen LogP contribution in [-0.2, 0) is 4.79 Å². The number of para-hydroxylation sites is 1. The molecular formula is C19H17NO5. The standard InChI is InChI=1S/C19H17NO5/c1-23-17-8-7-13(10-18(17)24-2)15(11-20)9-14-5-3-4-6-16(14)25-12-19(21)22/h3-10H,12H2,1-2H3,(H,21,22)/b15-9+. The average molecular weight is 339 g/mol. The molecule has 2 aromatic rings. The van der Waals surface area contributed by atoms with Crippen LogP contribution in [0.2, 0.25) is 0 Å². The molecule has 0 bridgehead atoms. The van der Waals surface area contributed by atoms with Gasteiger partial charge in [0.25, 0.3) is 0 Å². The van der Waals surface area contributed by atoms with Crippen LogP contribution in [0.1, 0.15) is 11.1 Å². The third-order valence-corrected chi connectivity index (χ3v) is 3.38. The summed E-state index contributed by atoms with van der Waals surface area (Å²) >= 11 is 0. The number of aliphatic carboxylic acids is 1. The number of carbonyl (C=O) groups is 1. The number of carboxylic acid groups (broad SMARTS) is 1. The molecule has 2 aromatic carbocycles. The predicted octanol–water partition coefficient (Wildman–Crippen LogP) is 3.23. The molecular weight excluding hydrogens is 322 g/mol. The molecule has 0 aliphatic heterocycles. The van der Waals surface area contributed by atoms with Crippen LogP contribution in [0.15, 0.2) is 42.5 Å². The number of nitriles is 1. The van der Waals surface area contributed by atoms with Gasteiger partial charge in [-0.25, -0.2) is 4.79 Å². The van der Waals surface area contributed by atoms with E-state index in [1.54, 1.807) is 48.5 Å². The van der Waals surface area contributed by atoms with Crippen molar-refractivity contribution in [2.45, 2.75) is 0 Å². The lowest BCUT2D eigenvalue weighted by Crippen LogP contribution is -2.09. The van der Waals surface area contributed by atoms with E-state index in [0.717, 1.165) is 0 Å². The van der Waals surface area contributed by atoms with Crippen LogP contribution in [0, 0.1) is 11.3 Å². The summed E-state index contributed by atoms with van der Waals surface area (Å²) in [6.07, 6.45) is 1.64. The van der Waals surface area contributed by atoms with Crippen LogP contribution in [0.3, 0.4) is 0 Å². The van der Waals surface area contributed by atoms with Crippen molar-refractivity contribution < 1.29 is 24.1 Å². The first-order chi connectivity index (χ1) is 12.1. The van der Waals surface area contributed by atoms with Gasteiger partial charge < -0.3 is 19.3 Å². The summed E-state index contributed by atoms with van der Waals surface area (Å²) in [5, 5.41) is 18.3. The number of allylic oxidation sites excluding steroid dienone is 1. The van der Waals surface area contributed by atoms with Gasteiger partial charge in [0.15, 0.2) is 18.1 Å². The van der Waals surface area contributed by atoms with E-state index in [2.05, 4.69) is 6.07 Å². The molecule has 0 aromatic heterocycles. The van der Waals surface area contributed by atoms with E-state index in [0.29, 0.717) is 33.9 Å². The molecule has 0 aliphatic carbocycles. The largest absolute Gasteiger partial charge is 0.493 e. The first kappa shape index (κ1) is 17.9. The van der Waals surface area contributed by atoms with Crippen LogP contribution in [-0.4, -0.2) is 31.9 Å². The number of benzene rings is 2. The second kappa shape index (κ2) is 8.41. The summed E-state index contributed by atoms with van der Waals surface area (Å²) in [5.41, 5.74) is 1.63. The summed E-state index contributed by atoms with van der Waals surface area (Å²) < 4.78 is 15.7. The van der Waals surface area contributed by atoms with E-state index in [-0.39, 0.29) is 0 Å². The molecule has 0 spiro atoms. The van der Waals surface area contributed by atoms with Crippen LogP contribution >= 0.6 is 0 Å². The SMILES string of the molecule is COc1ccc(/C(C#N)=C/c2ccccc2OCC(=O)O)cc1OC. The summed E-state index contributed by atoms with van der Waals surface area (Å²) in [7, 11) is 3.06. The molecule has 25 heavy (non-hydrogen) atoms. The maximum Gasteiger partial charge on any atom is 0.341 e. The molecule has 0 fully saturated rings. The average Bonchev–Trinajstić information content (AvgIpc) is 2.64. The van der Waals surface area contributed by atoms with Crippen molar-refractivity contribution >= 4 is 17.6 Å². The summed E-state index contributed by atoms with van der Waals surface area (Å²) in [5.74, 6) is 0.391. The highest BCUT2D eigenvalue weighted by Gasteiger charge is 2.10. The van der Waals surface area contributed by atoms with E-state index in [1.165, 1.54) is 14.2 Å². The highest BCUT2D eigenvalue weighted by Crippen LogP contribution is 2.31. The van der Waals surface area contributed by atoms with Crippen molar-refractivity contribution in [2.75, 3.05) is 20.8 Å². The van der Waals surface area contributed by atoms with Gasteiger partial charge in [-0.3, -0.25) is 0 Å². The Hall–Kier alpha value is -3.46. The minimum absolute atomic E-state index is 0.382. The van der Waals surface area contributed by atoms with Gasteiger partial charge in [-0.15, -0.1) is 0 Å². The smallest absolute Gasteiger partial charge is 0.341 e. The lowest BCUT2D eigenvalue weighted by Gasteiger charge is -2.10. The van der Waals surface area contributed by atoms with Crippen LogP contribution in [0.5, 0.6) is 17.2 Å². The molecule has 0 atom stereocenters. The second-order valence-corrected chi connectivity index (χ2v) is 4.96. The van der Waals surface area contributed by atoms with E-state index in [4.69, 9.17) is 19.3 Å². The number of ether oxygens (including phenoxy) is 3. The third-order valence-electron chi connectivity index (χ3n) is 3.38. The zero-order valence-corrected chi connectivity index (χ0v) is 13.9. The Morgan fingerprint density at radius 3 is 2.48 bits per heavy atom. The van der Waals surface area contributed by atoms with Crippen molar-refractivity contribution in [3.63, 3.8) is 0 Å². The maximum absolute atomic E-state index is 10.7. The number of carboxylic acids is 1. The molecule has 0 saturated carbocycles. The van der Waals surface area contributed by atoms with Crippen molar-refractivity contribution in [2.24, 2.45) is 0 Å². The zero-order chi connectivity index (χ0) is 18.2. The summed E-state index contributed by atoms with van der Waals surface area (Å²) in [4.78, 5) is 10.7. The summed E-state index contributed by atoms with van der Waals surface area (Å²) in [6.45, 7) is -0.455. The first-order valence-electron chi connectivity index (χ1n) is 7.37. The molecule has 0 unspecified atom stereocenters. The van der Waals surface area contributed by atoms with Crippen molar-refractivity contribution in [3.8, 4) is 23.3 Å². The zero-order valence-electron chi connectivity index (χ0n) is 13.9. The molecule has 0 amide bonds. The quantitative estimate of drug-likeness (QED) is 0.615. The number of nitrogens with zero attached hydrogens (tertiary/aromatic N) is 1. The van der Waals surface area contributed by atoms with Gasteiger partial charge >= 0.3 is 5.97 Å². The molecule has 128 valence electrons. The van der Waals surface area contributed by atoms with E-state index in [1.807, 2.05) is 0 Å². The van der Waals surface area contributed by atoms with Gasteiger partial charge in [-0.1, -0.05) is 18.2 Å². The van der Waals surface area contributed by atoms with E-state index >= 15 is 0 Å². The monoisotopic (exact) mass is 339 g/mol. The molecule has 0 radical (unpaired) electrons. The molecule has 6 heteroatoms. The molecule has 0 aliphatic rings. The highest BCUT2D eigenvalue weighted by atomic mass is 16.5. The Balaban J connectivity index is 2.42. The van der Waals surface area contributed by atoms with Gasteiger partial charge in [0.1, 0.15) is 5.75 Å². The lowest BCUT2D eigenvalue weighted by molar-refractivity contribution is -0.139. The first-order valence-corrected chi connectivity index (χ1v) is 7.37. The Bertz CT molecular complexity index is 836. The fourth-order valence-corrected chi connectivity index (χ4v) is 2.21. The number of hydrogen-bond acceptors (Lipinski definition) is 5. The molecule has 1 N–H and O–H groups in total. The van der Waals surface area contributed by atoms with Gasteiger partial charge in [0.05, 0.1) is 25.9 Å². The summed E-state index contributed by atoms with van der Waals surface area (Å²) in [6, 6.07) is 14.2.